The van der Waals surface area contributed by atoms with E-state index in [1.54, 1.807) is 14.2 Å². The number of amides is 1. The number of carbonyl (C=O) groups excluding carboxylic acids is 1. The van der Waals surface area contributed by atoms with Crippen LogP contribution in [0.5, 0.6) is 11.5 Å². The molecule has 2 heterocycles. The highest BCUT2D eigenvalue weighted by atomic mass is 16.5. The van der Waals surface area contributed by atoms with E-state index in [2.05, 4.69) is 23.6 Å². The summed E-state index contributed by atoms with van der Waals surface area (Å²) in [5.74, 6) is 2.15. The third kappa shape index (κ3) is 3.84. The fourth-order valence-electron chi connectivity index (χ4n) is 6.01. The molecule has 0 spiro atoms. The first-order valence-corrected chi connectivity index (χ1v) is 10.7. The fraction of sp³-hybridized carbons (Fsp3) is 0.696. The van der Waals surface area contributed by atoms with E-state index >= 15 is 0 Å². The van der Waals surface area contributed by atoms with Crippen LogP contribution in [-0.4, -0.2) is 75.9 Å². The van der Waals surface area contributed by atoms with Gasteiger partial charge in [-0.2, -0.15) is 0 Å². The van der Waals surface area contributed by atoms with E-state index in [0.717, 1.165) is 51.5 Å². The molecule has 2 atom stereocenters. The molecule has 0 bridgehead atoms. The molecule has 1 aromatic rings. The number of ether oxygens (including phenoxy) is 3. The first-order valence-electron chi connectivity index (χ1n) is 10.7. The minimum absolute atomic E-state index is 0.212. The van der Waals surface area contributed by atoms with Gasteiger partial charge in [-0.1, -0.05) is 19.9 Å². The summed E-state index contributed by atoms with van der Waals surface area (Å²) < 4.78 is 16.2. The topological polar surface area (TPSA) is 51.2 Å². The third-order valence-electron chi connectivity index (χ3n) is 7.20. The van der Waals surface area contributed by atoms with Crippen molar-refractivity contribution in [1.82, 2.24) is 9.80 Å². The zero-order valence-electron chi connectivity index (χ0n) is 18.2. The fourth-order valence-corrected chi connectivity index (χ4v) is 6.01. The molecule has 0 aromatic heterocycles. The first kappa shape index (κ1) is 20.5. The van der Waals surface area contributed by atoms with Crippen LogP contribution in [0.3, 0.4) is 0 Å². The molecule has 29 heavy (non-hydrogen) atoms. The number of fused-ring (bicyclic) bond motifs is 1. The number of likely N-dealkylation sites (tertiary alicyclic amines) is 1. The second-order valence-electron chi connectivity index (χ2n) is 9.61. The van der Waals surface area contributed by atoms with Gasteiger partial charge in [-0.3, -0.25) is 9.69 Å². The molecule has 1 aliphatic carbocycles. The van der Waals surface area contributed by atoms with Crippen LogP contribution in [0, 0.1) is 16.7 Å². The molecule has 6 heteroatoms. The number of hydrogen-bond donors (Lipinski definition) is 0. The highest BCUT2D eigenvalue weighted by Gasteiger charge is 2.63. The van der Waals surface area contributed by atoms with Crippen LogP contribution in [0.25, 0.3) is 0 Å². The summed E-state index contributed by atoms with van der Waals surface area (Å²) in [6.45, 7) is 11.2. The van der Waals surface area contributed by atoms with Gasteiger partial charge in [0.05, 0.1) is 33.9 Å². The molecule has 1 aromatic carbocycles. The Labute approximate surface area is 174 Å². The van der Waals surface area contributed by atoms with Crippen LogP contribution in [0.1, 0.15) is 25.8 Å². The minimum atomic E-state index is 0.212. The van der Waals surface area contributed by atoms with Crippen molar-refractivity contribution in [1.29, 1.82) is 0 Å². The lowest BCUT2D eigenvalue weighted by Crippen LogP contribution is -2.59. The Morgan fingerprint density at radius 2 is 1.90 bits per heavy atom. The van der Waals surface area contributed by atoms with E-state index in [4.69, 9.17) is 14.2 Å². The molecule has 1 amide bonds. The summed E-state index contributed by atoms with van der Waals surface area (Å²) in [6.07, 6.45) is 1.60. The van der Waals surface area contributed by atoms with Gasteiger partial charge in [0.15, 0.2) is 11.5 Å². The van der Waals surface area contributed by atoms with Gasteiger partial charge in [0.1, 0.15) is 0 Å². The lowest BCUT2D eigenvalue weighted by Gasteiger charge is -2.58. The number of morpholine rings is 1. The number of carbonyl (C=O) groups is 1. The Morgan fingerprint density at radius 1 is 1.17 bits per heavy atom. The summed E-state index contributed by atoms with van der Waals surface area (Å²) >= 11 is 0. The van der Waals surface area contributed by atoms with Crippen LogP contribution < -0.4 is 9.47 Å². The number of hydrogen-bond acceptors (Lipinski definition) is 5. The van der Waals surface area contributed by atoms with Gasteiger partial charge in [-0.15, -0.1) is 0 Å². The van der Waals surface area contributed by atoms with Crippen molar-refractivity contribution in [2.45, 2.75) is 26.7 Å². The maximum absolute atomic E-state index is 13.2. The summed E-state index contributed by atoms with van der Waals surface area (Å²) in [6, 6.07) is 5.74. The van der Waals surface area contributed by atoms with Crippen molar-refractivity contribution in [3.63, 3.8) is 0 Å². The van der Waals surface area contributed by atoms with Crippen LogP contribution in [-0.2, 0) is 16.0 Å². The zero-order chi connectivity index (χ0) is 20.6. The Hall–Kier alpha value is -1.79. The standard InChI is InChI=1S/C23H34N2O4/c1-22(2)14-23(15-24-7-9-29-10-8-24)16-25(13-20(22)23)21(26)12-17-5-6-18(27-3)19(11-17)28-4/h5-6,11,20H,7-10,12-16H2,1-4H3/t20-,23+/m1/s1. The highest BCUT2D eigenvalue weighted by Crippen LogP contribution is 2.63. The maximum atomic E-state index is 13.2. The van der Waals surface area contributed by atoms with Crippen LogP contribution in [0.4, 0.5) is 0 Å². The van der Waals surface area contributed by atoms with Crippen molar-refractivity contribution in [3.8, 4) is 11.5 Å². The molecular weight excluding hydrogens is 368 g/mol. The summed E-state index contributed by atoms with van der Waals surface area (Å²) in [5, 5.41) is 0. The van der Waals surface area contributed by atoms with Gasteiger partial charge < -0.3 is 19.1 Å². The van der Waals surface area contributed by atoms with Crippen LogP contribution in [0.2, 0.25) is 0 Å². The SMILES string of the molecule is COc1ccc(CC(=O)N2C[C@@H]3C(C)(C)C[C@]3(CN3CCOCC3)C2)cc1OC. The predicted octanol–water partition coefficient (Wildman–Crippen LogP) is 2.45. The van der Waals surface area contributed by atoms with E-state index in [-0.39, 0.29) is 11.3 Å². The van der Waals surface area contributed by atoms with E-state index in [1.165, 1.54) is 6.42 Å². The average molecular weight is 403 g/mol. The van der Waals surface area contributed by atoms with Crippen molar-refractivity contribution >= 4 is 5.91 Å². The molecule has 3 aliphatic rings. The van der Waals surface area contributed by atoms with Crippen LogP contribution >= 0.6 is 0 Å². The average Bonchev–Trinajstić information content (AvgIpc) is 3.03. The third-order valence-corrected chi connectivity index (χ3v) is 7.20. The second-order valence-corrected chi connectivity index (χ2v) is 9.61. The molecule has 2 aliphatic heterocycles. The van der Waals surface area contributed by atoms with Gasteiger partial charge in [0.25, 0.3) is 0 Å². The molecule has 0 radical (unpaired) electrons. The molecular formula is C23H34N2O4. The smallest absolute Gasteiger partial charge is 0.227 e. The molecule has 2 saturated heterocycles. The molecule has 1 saturated carbocycles. The summed E-state index contributed by atoms with van der Waals surface area (Å²) in [4.78, 5) is 17.8. The molecule has 160 valence electrons. The Bertz CT molecular complexity index is 759. The van der Waals surface area contributed by atoms with Gasteiger partial charge in [0, 0.05) is 38.1 Å². The predicted molar refractivity (Wildman–Crippen MR) is 111 cm³/mol. The quantitative estimate of drug-likeness (QED) is 0.732. The maximum Gasteiger partial charge on any atom is 0.227 e. The van der Waals surface area contributed by atoms with Crippen molar-refractivity contribution in [2.75, 3.05) is 60.2 Å². The molecule has 0 N–H and O–H groups in total. The van der Waals surface area contributed by atoms with Crippen molar-refractivity contribution in [3.05, 3.63) is 23.8 Å². The minimum Gasteiger partial charge on any atom is -0.493 e. The lowest BCUT2D eigenvalue weighted by molar-refractivity contribution is -0.130. The molecule has 0 unspecified atom stereocenters. The van der Waals surface area contributed by atoms with E-state index in [9.17, 15) is 4.79 Å². The normalized spacial score (nSPS) is 28.6. The van der Waals surface area contributed by atoms with Gasteiger partial charge in [-0.25, -0.2) is 0 Å². The van der Waals surface area contributed by atoms with E-state index in [0.29, 0.717) is 29.3 Å². The molecule has 3 fully saturated rings. The van der Waals surface area contributed by atoms with E-state index in [1.807, 2.05) is 18.2 Å². The number of nitrogens with zero attached hydrogens (tertiary/aromatic N) is 2. The number of benzene rings is 1. The van der Waals surface area contributed by atoms with Gasteiger partial charge in [-0.05, 0) is 35.4 Å². The summed E-state index contributed by atoms with van der Waals surface area (Å²) in [5.41, 5.74) is 1.52. The highest BCUT2D eigenvalue weighted by molar-refractivity contribution is 5.79. The first-order chi connectivity index (χ1) is 13.9. The molecule has 6 nitrogen and oxygen atoms in total. The number of rotatable bonds is 6. The van der Waals surface area contributed by atoms with Gasteiger partial charge in [0.2, 0.25) is 5.91 Å². The number of methoxy groups -OCH3 is 2. The monoisotopic (exact) mass is 402 g/mol. The van der Waals surface area contributed by atoms with Crippen LogP contribution in [0.15, 0.2) is 18.2 Å². The Morgan fingerprint density at radius 3 is 2.55 bits per heavy atom. The zero-order valence-corrected chi connectivity index (χ0v) is 18.2. The van der Waals surface area contributed by atoms with E-state index < -0.39 is 0 Å². The van der Waals surface area contributed by atoms with Crippen molar-refractivity contribution in [2.24, 2.45) is 16.7 Å². The lowest BCUT2D eigenvalue weighted by atomic mass is 9.48. The Balaban J connectivity index is 1.44. The second kappa shape index (κ2) is 7.80. The largest absolute Gasteiger partial charge is 0.493 e. The molecule has 4 rings (SSSR count). The summed E-state index contributed by atoms with van der Waals surface area (Å²) in [7, 11) is 3.25. The Kier molecular flexibility index (Phi) is 5.51. The van der Waals surface area contributed by atoms with Crippen molar-refractivity contribution < 1.29 is 19.0 Å². The van der Waals surface area contributed by atoms with Gasteiger partial charge >= 0.3 is 0 Å².